The zero-order chi connectivity index (χ0) is 12.3. The average Bonchev–Trinajstić information content (AvgIpc) is 2.39. The lowest BCUT2D eigenvalue weighted by Crippen LogP contribution is -1.93. The predicted molar refractivity (Wildman–Crippen MR) is 72.0 cm³/mol. The smallest absolute Gasteiger partial charge is 0.0687 e. The maximum atomic E-state index is 9.30. The van der Waals surface area contributed by atoms with Gasteiger partial charge in [-0.15, -0.1) is 0 Å². The van der Waals surface area contributed by atoms with Crippen molar-refractivity contribution in [3.8, 4) is 0 Å². The van der Waals surface area contributed by atoms with Gasteiger partial charge in [-0.05, 0) is 34.4 Å². The van der Waals surface area contributed by atoms with Gasteiger partial charge in [-0.2, -0.15) is 0 Å². The van der Waals surface area contributed by atoms with E-state index in [0.717, 1.165) is 22.3 Å². The van der Waals surface area contributed by atoms with E-state index in [1.165, 1.54) is 0 Å². The van der Waals surface area contributed by atoms with E-state index in [1.807, 2.05) is 48.5 Å². The topological polar surface area (TPSA) is 20.2 Å². The lowest BCUT2D eigenvalue weighted by atomic mass is 9.95. The number of hydrogen-bond acceptors (Lipinski definition) is 1. The molecule has 2 aromatic rings. The SMILES string of the molecule is C=C(c1ccc(Cl)cc1)c1ccccc1CO. The molecule has 0 radical (unpaired) electrons. The first-order chi connectivity index (χ1) is 8.22. The van der Waals surface area contributed by atoms with E-state index in [0.29, 0.717) is 5.02 Å². The Morgan fingerprint density at radius 2 is 1.71 bits per heavy atom. The molecular weight excluding hydrogens is 232 g/mol. The first kappa shape index (κ1) is 11.9. The minimum absolute atomic E-state index is 0.0166. The molecule has 86 valence electrons. The van der Waals surface area contributed by atoms with E-state index < -0.39 is 0 Å². The van der Waals surface area contributed by atoms with E-state index in [9.17, 15) is 5.11 Å². The molecule has 0 bridgehead atoms. The standard InChI is InChI=1S/C15H13ClO/c1-11(12-6-8-14(16)9-7-12)15-5-3-2-4-13(15)10-17/h2-9,17H,1,10H2. The fourth-order valence-corrected chi connectivity index (χ4v) is 1.89. The van der Waals surface area contributed by atoms with Crippen LogP contribution in [-0.2, 0) is 6.61 Å². The Hall–Kier alpha value is -1.57. The van der Waals surface area contributed by atoms with Crippen molar-refractivity contribution in [2.75, 3.05) is 0 Å². The highest BCUT2D eigenvalue weighted by atomic mass is 35.5. The van der Waals surface area contributed by atoms with Gasteiger partial charge in [-0.25, -0.2) is 0 Å². The zero-order valence-electron chi connectivity index (χ0n) is 9.36. The van der Waals surface area contributed by atoms with E-state index in [-0.39, 0.29) is 6.61 Å². The molecule has 0 atom stereocenters. The molecule has 0 heterocycles. The van der Waals surface area contributed by atoms with Crippen LogP contribution < -0.4 is 0 Å². The van der Waals surface area contributed by atoms with Crippen molar-refractivity contribution in [1.82, 2.24) is 0 Å². The highest BCUT2D eigenvalue weighted by molar-refractivity contribution is 6.30. The van der Waals surface area contributed by atoms with Gasteiger partial charge >= 0.3 is 0 Å². The molecule has 0 aliphatic heterocycles. The molecule has 0 aliphatic carbocycles. The Balaban J connectivity index is 2.40. The summed E-state index contributed by atoms with van der Waals surface area (Å²) in [6.45, 7) is 4.10. The number of aliphatic hydroxyl groups is 1. The van der Waals surface area contributed by atoms with Gasteiger partial charge in [0.25, 0.3) is 0 Å². The van der Waals surface area contributed by atoms with Crippen molar-refractivity contribution in [2.45, 2.75) is 6.61 Å². The van der Waals surface area contributed by atoms with Crippen LogP contribution in [0.15, 0.2) is 55.1 Å². The highest BCUT2D eigenvalue weighted by Crippen LogP contribution is 2.25. The van der Waals surface area contributed by atoms with Crippen molar-refractivity contribution in [3.05, 3.63) is 76.8 Å². The van der Waals surface area contributed by atoms with Crippen LogP contribution in [0, 0.1) is 0 Å². The number of halogens is 1. The van der Waals surface area contributed by atoms with Gasteiger partial charge in [0.2, 0.25) is 0 Å². The number of rotatable bonds is 3. The van der Waals surface area contributed by atoms with Crippen LogP contribution in [0.5, 0.6) is 0 Å². The van der Waals surface area contributed by atoms with Crippen LogP contribution in [0.2, 0.25) is 5.02 Å². The molecule has 17 heavy (non-hydrogen) atoms. The third-order valence-corrected chi connectivity index (χ3v) is 2.96. The minimum Gasteiger partial charge on any atom is -0.392 e. The first-order valence-corrected chi connectivity index (χ1v) is 5.74. The Kier molecular flexibility index (Phi) is 3.62. The van der Waals surface area contributed by atoms with Crippen molar-refractivity contribution >= 4 is 17.2 Å². The molecule has 0 aliphatic rings. The maximum absolute atomic E-state index is 9.30. The number of aliphatic hydroxyl groups excluding tert-OH is 1. The predicted octanol–water partition coefficient (Wildman–Crippen LogP) is 3.89. The van der Waals surface area contributed by atoms with Gasteiger partial charge in [-0.3, -0.25) is 0 Å². The second-order valence-electron chi connectivity index (χ2n) is 3.80. The minimum atomic E-state index is 0.0166. The molecule has 0 amide bonds. The molecule has 0 unspecified atom stereocenters. The Morgan fingerprint density at radius 1 is 1.06 bits per heavy atom. The van der Waals surface area contributed by atoms with Crippen molar-refractivity contribution < 1.29 is 5.11 Å². The molecular formula is C15H13ClO. The molecule has 1 N–H and O–H groups in total. The lowest BCUT2D eigenvalue weighted by molar-refractivity contribution is 0.281. The van der Waals surface area contributed by atoms with Gasteiger partial charge in [0.05, 0.1) is 6.61 Å². The summed E-state index contributed by atoms with van der Waals surface area (Å²) in [5.74, 6) is 0. The third kappa shape index (κ3) is 2.57. The largest absolute Gasteiger partial charge is 0.392 e. The molecule has 0 spiro atoms. The zero-order valence-corrected chi connectivity index (χ0v) is 10.1. The Morgan fingerprint density at radius 3 is 2.35 bits per heavy atom. The summed E-state index contributed by atoms with van der Waals surface area (Å²) in [5, 5.41) is 10.0. The first-order valence-electron chi connectivity index (χ1n) is 5.36. The van der Waals surface area contributed by atoms with Crippen LogP contribution in [0.4, 0.5) is 0 Å². The van der Waals surface area contributed by atoms with Gasteiger partial charge in [0.1, 0.15) is 0 Å². The second kappa shape index (κ2) is 5.17. The molecule has 2 heteroatoms. The van der Waals surface area contributed by atoms with E-state index >= 15 is 0 Å². The van der Waals surface area contributed by atoms with Crippen LogP contribution in [0.3, 0.4) is 0 Å². The van der Waals surface area contributed by atoms with Gasteiger partial charge < -0.3 is 5.11 Å². The summed E-state index contributed by atoms with van der Waals surface area (Å²) in [5.41, 5.74) is 3.76. The summed E-state index contributed by atoms with van der Waals surface area (Å²) < 4.78 is 0. The summed E-state index contributed by atoms with van der Waals surface area (Å²) in [6, 6.07) is 15.2. The van der Waals surface area contributed by atoms with Crippen LogP contribution in [-0.4, -0.2) is 5.11 Å². The average molecular weight is 245 g/mol. The van der Waals surface area contributed by atoms with Gasteiger partial charge in [0.15, 0.2) is 0 Å². The molecule has 0 aromatic heterocycles. The summed E-state index contributed by atoms with van der Waals surface area (Å²) >= 11 is 5.85. The molecule has 1 nitrogen and oxygen atoms in total. The summed E-state index contributed by atoms with van der Waals surface area (Å²) in [4.78, 5) is 0. The molecule has 2 aromatic carbocycles. The molecule has 2 rings (SSSR count). The second-order valence-corrected chi connectivity index (χ2v) is 4.24. The molecule has 0 saturated heterocycles. The van der Waals surface area contributed by atoms with E-state index in [2.05, 4.69) is 6.58 Å². The van der Waals surface area contributed by atoms with E-state index in [1.54, 1.807) is 0 Å². The summed E-state index contributed by atoms with van der Waals surface area (Å²) in [6.07, 6.45) is 0. The number of benzene rings is 2. The molecule has 0 fully saturated rings. The van der Waals surface area contributed by atoms with Crippen molar-refractivity contribution in [2.24, 2.45) is 0 Å². The normalized spacial score (nSPS) is 10.2. The quantitative estimate of drug-likeness (QED) is 0.869. The Bertz CT molecular complexity index is 529. The lowest BCUT2D eigenvalue weighted by Gasteiger charge is -2.10. The van der Waals surface area contributed by atoms with Crippen LogP contribution >= 0.6 is 11.6 Å². The van der Waals surface area contributed by atoms with Crippen molar-refractivity contribution in [3.63, 3.8) is 0 Å². The highest BCUT2D eigenvalue weighted by Gasteiger charge is 2.06. The van der Waals surface area contributed by atoms with Crippen LogP contribution in [0.1, 0.15) is 16.7 Å². The van der Waals surface area contributed by atoms with Gasteiger partial charge in [-0.1, -0.05) is 54.6 Å². The van der Waals surface area contributed by atoms with Crippen molar-refractivity contribution in [1.29, 1.82) is 0 Å². The third-order valence-electron chi connectivity index (χ3n) is 2.71. The van der Waals surface area contributed by atoms with Crippen LogP contribution in [0.25, 0.3) is 5.57 Å². The number of hydrogen-bond donors (Lipinski definition) is 1. The van der Waals surface area contributed by atoms with Gasteiger partial charge in [0, 0.05) is 5.02 Å². The fraction of sp³-hybridized carbons (Fsp3) is 0.0667. The Labute approximate surface area is 106 Å². The molecule has 0 saturated carbocycles. The summed E-state index contributed by atoms with van der Waals surface area (Å²) in [7, 11) is 0. The van der Waals surface area contributed by atoms with E-state index in [4.69, 9.17) is 11.6 Å². The monoisotopic (exact) mass is 244 g/mol. The maximum Gasteiger partial charge on any atom is 0.0687 e. The fourth-order valence-electron chi connectivity index (χ4n) is 1.76.